The topological polar surface area (TPSA) is 179 Å². The summed E-state index contributed by atoms with van der Waals surface area (Å²) in [5, 5.41) is 24.3. The Hall–Kier alpha value is -4.53. The molecule has 4 rings (SSSR count). The first kappa shape index (κ1) is 40.5. The SMILES string of the molecule is O=C(C[C@H]1C[C@H]2CN(Cc3ccncc3)C[C@H]2O1)NCc1cccnc1.O=C(O)C(F)(F)F.O=C(O)C(F)(F)F.O=C(O)C(F)(F)F. The van der Waals surface area contributed by atoms with Gasteiger partial charge in [0.2, 0.25) is 5.91 Å². The number of aromatic nitrogens is 2. The number of fused-ring (bicyclic) bond motifs is 1. The molecule has 0 bridgehead atoms. The maximum absolute atomic E-state index is 12.2. The summed E-state index contributed by atoms with van der Waals surface area (Å²) < 4.78 is 101. The fourth-order valence-corrected chi connectivity index (χ4v) is 3.94. The molecule has 2 aromatic rings. The van der Waals surface area contributed by atoms with Gasteiger partial charge in [-0.3, -0.25) is 19.7 Å². The first-order chi connectivity index (χ1) is 21.6. The first-order valence-electron chi connectivity index (χ1n) is 12.9. The summed E-state index contributed by atoms with van der Waals surface area (Å²) in [4.78, 5) is 49.4. The maximum Gasteiger partial charge on any atom is 0.490 e. The van der Waals surface area contributed by atoms with E-state index in [1.54, 1.807) is 12.4 Å². The van der Waals surface area contributed by atoms with E-state index in [9.17, 15) is 44.3 Å². The number of carboxylic acid groups (broad SMARTS) is 3. The standard InChI is InChI=1S/C20H24N4O2.3C2HF3O2/c25-20(23-11-16-2-1-5-22-10-16)9-18-8-17-13-24(14-19(17)26-18)12-15-3-6-21-7-4-15;3*3-2(4,5)1(6)7/h1-7,10,17-19H,8-9,11-14H2,(H,23,25);3*(H,6,7)/t17-,18+,19+;;;/m0.../s1. The van der Waals surface area contributed by atoms with Crippen molar-refractivity contribution in [2.75, 3.05) is 13.1 Å². The Morgan fingerprint density at radius 3 is 1.72 bits per heavy atom. The fraction of sp³-hybridized carbons (Fsp3) is 0.462. The summed E-state index contributed by atoms with van der Waals surface area (Å²) in [6, 6.07) is 7.95. The van der Waals surface area contributed by atoms with Crippen LogP contribution in [0.3, 0.4) is 0 Å². The van der Waals surface area contributed by atoms with E-state index in [0.29, 0.717) is 18.9 Å². The van der Waals surface area contributed by atoms with Gasteiger partial charge in [-0.2, -0.15) is 39.5 Å². The van der Waals surface area contributed by atoms with Crippen LogP contribution in [0.4, 0.5) is 39.5 Å². The molecule has 0 saturated carbocycles. The maximum atomic E-state index is 12.2. The van der Waals surface area contributed by atoms with E-state index >= 15 is 0 Å². The molecule has 2 fully saturated rings. The second kappa shape index (κ2) is 18.0. The van der Waals surface area contributed by atoms with Crippen LogP contribution < -0.4 is 5.32 Å². The van der Waals surface area contributed by atoms with Gasteiger partial charge in [-0.15, -0.1) is 0 Å². The van der Waals surface area contributed by atoms with Gasteiger partial charge in [-0.25, -0.2) is 14.4 Å². The van der Waals surface area contributed by atoms with Crippen LogP contribution in [0.15, 0.2) is 49.1 Å². The fourth-order valence-electron chi connectivity index (χ4n) is 3.94. The average molecular weight is 695 g/mol. The molecule has 2 saturated heterocycles. The van der Waals surface area contributed by atoms with Crippen LogP contribution in [0.1, 0.15) is 24.0 Å². The summed E-state index contributed by atoms with van der Waals surface area (Å²) in [6.07, 6.45) is -6.36. The molecule has 0 unspecified atom stereocenters. The van der Waals surface area contributed by atoms with Gasteiger partial charge in [-0.1, -0.05) is 6.07 Å². The predicted molar refractivity (Wildman–Crippen MR) is 138 cm³/mol. The molecule has 2 aliphatic rings. The molecule has 262 valence electrons. The molecular formula is C26H27F9N4O8. The molecule has 1 amide bonds. The van der Waals surface area contributed by atoms with Gasteiger partial charge in [0.15, 0.2) is 0 Å². The summed E-state index contributed by atoms with van der Waals surface area (Å²) in [5.74, 6) is -7.69. The smallest absolute Gasteiger partial charge is 0.475 e. The first-order valence-corrected chi connectivity index (χ1v) is 12.9. The second-order valence-corrected chi connectivity index (χ2v) is 9.59. The Labute approximate surface area is 259 Å². The number of nitrogens with zero attached hydrogens (tertiary/aromatic N) is 3. The van der Waals surface area contributed by atoms with Gasteiger partial charge in [0.25, 0.3) is 0 Å². The highest BCUT2D eigenvalue weighted by Crippen LogP contribution is 2.34. The third kappa shape index (κ3) is 16.6. The number of carboxylic acids is 3. The monoisotopic (exact) mass is 694 g/mol. The molecule has 4 N–H and O–H groups in total. The van der Waals surface area contributed by atoms with Crippen molar-refractivity contribution in [3.8, 4) is 0 Å². The number of ether oxygens (including phenoxy) is 1. The number of amides is 1. The Morgan fingerprint density at radius 2 is 1.30 bits per heavy atom. The number of pyridine rings is 2. The number of carbonyl (C=O) groups excluding carboxylic acids is 1. The van der Waals surface area contributed by atoms with Gasteiger partial charge in [0, 0.05) is 56.9 Å². The van der Waals surface area contributed by atoms with Crippen LogP contribution in [-0.2, 0) is 37.0 Å². The van der Waals surface area contributed by atoms with Crippen LogP contribution in [-0.4, -0.2) is 97.8 Å². The highest BCUT2D eigenvalue weighted by molar-refractivity contribution is 5.76. The number of rotatable bonds is 6. The number of likely N-dealkylation sites (tertiary alicyclic amines) is 1. The normalized spacial score (nSPS) is 19.0. The molecule has 21 heteroatoms. The lowest BCUT2D eigenvalue weighted by molar-refractivity contribution is -0.193. The molecule has 47 heavy (non-hydrogen) atoms. The van der Waals surface area contributed by atoms with Crippen LogP contribution in [0, 0.1) is 5.92 Å². The third-order valence-corrected chi connectivity index (χ3v) is 5.90. The number of hydrogen-bond donors (Lipinski definition) is 4. The van der Waals surface area contributed by atoms with Crippen molar-refractivity contribution in [1.29, 1.82) is 0 Å². The van der Waals surface area contributed by atoms with Gasteiger partial charge in [0.05, 0.1) is 18.6 Å². The molecule has 12 nitrogen and oxygen atoms in total. The van der Waals surface area contributed by atoms with Crippen molar-refractivity contribution in [2.45, 2.75) is 56.7 Å². The van der Waals surface area contributed by atoms with Crippen molar-refractivity contribution in [1.82, 2.24) is 20.2 Å². The second-order valence-electron chi connectivity index (χ2n) is 9.59. The Balaban J connectivity index is 0.000000430. The summed E-state index contributed by atoms with van der Waals surface area (Å²) in [6.45, 7) is 3.45. The molecule has 2 aliphatic heterocycles. The number of hydrogen-bond acceptors (Lipinski definition) is 8. The minimum Gasteiger partial charge on any atom is -0.475 e. The van der Waals surface area contributed by atoms with Gasteiger partial charge in [-0.05, 0) is 35.7 Å². The minimum atomic E-state index is -5.08. The number of carbonyl (C=O) groups is 4. The number of alkyl halides is 9. The lowest BCUT2D eigenvalue weighted by atomic mass is 10.0. The third-order valence-electron chi connectivity index (χ3n) is 5.90. The van der Waals surface area contributed by atoms with Crippen LogP contribution >= 0.6 is 0 Å². The van der Waals surface area contributed by atoms with Crippen LogP contribution in [0.2, 0.25) is 0 Å². The van der Waals surface area contributed by atoms with E-state index in [1.807, 2.05) is 24.5 Å². The van der Waals surface area contributed by atoms with Gasteiger partial charge < -0.3 is 25.4 Å². The van der Waals surface area contributed by atoms with Gasteiger partial charge in [0.1, 0.15) is 0 Å². The minimum absolute atomic E-state index is 0.0435. The van der Waals surface area contributed by atoms with Gasteiger partial charge >= 0.3 is 36.4 Å². The van der Waals surface area contributed by atoms with Crippen LogP contribution in [0.5, 0.6) is 0 Å². The molecule has 0 aromatic carbocycles. The Morgan fingerprint density at radius 1 is 0.787 bits per heavy atom. The van der Waals surface area contributed by atoms with E-state index in [0.717, 1.165) is 31.6 Å². The summed E-state index contributed by atoms with van der Waals surface area (Å²) in [5.41, 5.74) is 2.29. The van der Waals surface area contributed by atoms with Crippen molar-refractivity contribution in [2.24, 2.45) is 5.92 Å². The molecular weight excluding hydrogens is 667 g/mol. The number of halogens is 9. The van der Waals surface area contributed by atoms with Crippen LogP contribution in [0.25, 0.3) is 0 Å². The van der Waals surface area contributed by atoms with E-state index in [1.165, 1.54) is 5.56 Å². The lowest BCUT2D eigenvalue weighted by Gasteiger charge is -2.19. The van der Waals surface area contributed by atoms with E-state index in [-0.39, 0.29) is 18.1 Å². The average Bonchev–Trinajstić information content (AvgIpc) is 3.50. The van der Waals surface area contributed by atoms with E-state index in [2.05, 4.69) is 32.3 Å². The molecule has 4 heterocycles. The quantitative estimate of drug-likeness (QED) is 0.324. The van der Waals surface area contributed by atoms with Crippen molar-refractivity contribution >= 4 is 23.8 Å². The highest BCUT2D eigenvalue weighted by Gasteiger charge is 2.42. The molecule has 2 aromatic heterocycles. The molecule has 0 aliphatic carbocycles. The highest BCUT2D eigenvalue weighted by atomic mass is 19.4. The zero-order valence-electron chi connectivity index (χ0n) is 23.7. The number of aliphatic carboxylic acids is 3. The predicted octanol–water partition coefficient (Wildman–Crippen LogP) is 3.67. The number of nitrogens with one attached hydrogen (secondary N) is 1. The molecule has 0 spiro atoms. The van der Waals surface area contributed by atoms with E-state index < -0.39 is 36.4 Å². The zero-order chi connectivity index (χ0) is 36.0. The van der Waals surface area contributed by atoms with Crippen molar-refractivity contribution in [3.63, 3.8) is 0 Å². The Kier molecular flexibility index (Phi) is 15.5. The Bertz CT molecular complexity index is 1230. The summed E-state index contributed by atoms with van der Waals surface area (Å²) >= 11 is 0. The zero-order valence-corrected chi connectivity index (χ0v) is 23.7. The lowest BCUT2D eigenvalue weighted by Crippen LogP contribution is -2.29. The molecule has 0 radical (unpaired) electrons. The largest absolute Gasteiger partial charge is 0.490 e. The van der Waals surface area contributed by atoms with Crippen molar-refractivity contribution in [3.05, 3.63) is 60.2 Å². The summed E-state index contributed by atoms with van der Waals surface area (Å²) in [7, 11) is 0. The van der Waals surface area contributed by atoms with Crippen molar-refractivity contribution < 1.29 is 78.7 Å². The van der Waals surface area contributed by atoms with E-state index in [4.69, 9.17) is 34.4 Å². The molecule has 3 atom stereocenters.